The number of carbonyl (C=O) groups excluding carboxylic acids is 1. The average molecular weight is 419 g/mol. The summed E-state index contributed by atoms with van der Waals surface area (Å²) in [4.78, 5) is 18.0. The number of nitrogens with zero attached hydrogens (tertiary/aromatic N) is 3. The molecule has 1 aromatic heterocycles. The first kappa shape index (κ1) is 20.3. The van der Waals surface area contributed by atoms with Crippen molar-refractivity contribution in [2.45, 2.75) is 25.3 Å². The van der Waals surface area contributed by atoms with Crippen LogP contribution < -0.4 is 5.32 Å². The highest BCUT2D eigenvalue weighted by atomic mass is 35.5. The van der Waals surface area contributed by atoms with Crippen LogP contribution in [-0.4, -0.2) is 28.4 Å². The molecule has 0 saturated carbocycles. The number of piperidine rings is 1. The topological polar surface area (TPSA) is 70.7 Å². The minimum Gasteiger partial charge on any atom is -0.323 e. The molecule has 0 bridgehead atoms. The Labute approximate surface area is 181 Å². The van der Waals surface area contributed by atoms with E-state index in [1.54, 1.807) is 18.5 Å². The van der Waals surface area contributed by atoms with Gasteiger partial charge in [0.05, 0.1) is 23.0 Å². The lowest BCUT2D eigenvalue weighted by Gasteiger charge is -2.32. The number of nitriles is 1. The van der Waals surface area contributed by atoms with E-state index in [4.69, 9.17) is 16.9 Å². The molecule has 1 N–H and O–H groups in total. The van der Waals surface area contributed by atoms with E-state index in [-0.39, 0.29) is 17.7 Å². The van der Waals surface area contributed by atoms with Crippen LogP contribution in [0.3, 0.4) is 0 Å². The molecule has 30 heavy (non-hydrogen) atoms. The van der Waals surface area contributed by atoms with E-state index in [0.717, 1.165) is 37.2 Å². The Morgan fingerprint density at radius 3 is 2.63 bits per heavy atom. The molecule has 1 saturated heterocycles. The Morgan fingerprint density at radius 1 is 1.20 bits per heavy atom. The summed E-state index contributed by atoms with van der Waals surface area (Å²) in [7, 11) is 0. The Kier molecular flexibility index (Phi) is 6.27. The van der Waals surface area contributed by atoms with Crippen molar-refractivity contribution < 1.29 is 4.79 Å². The molecule has 1 fully saturated rings. The number of imidazole rings is 1. The molecule has 1 aliphatic rings. The zero-order valence-electron chi connectivity index (χ0n) is 16.6. The molecule has 1 aliphatic heterocycles. The number of nitrogens with one attached hydrogen (secondary N) is 1. The van der Waals surface area contributed by atoms with E-state index in [9.17, 15) is 4.79 Å². The highest BCUT2D eigenvalue weighted by Gasteiger charge is 2.33. The number of carbonyl (C=O) groups is 1. The third-order valence-electron chi connectivity index (χ3n) is 5.75. The maximum atomic E-state index is 13.7. The summed E-state index contributed by atoms with van der Waals surface area (Å²) in [6.07, 6.45) is 6.08. The summed E-state index contributed by atoms with van der Waals surface area (Å²) in [6, 6.07) is 16.6. The van der Waals surface area contributed by atoms with Gasteiger partial charge in [-0.3, -0.25) is 4.79 Å². The first-order valence-electron chi connectivity index (χ1n) is 10.2. The fourth-order valence-corrected chi connectivity index (χ4v) is 4.40. The quantitative estimate of drug-likeness (QED) is 0.601. The van der Waals surface area contributed by atoms with Gasteiger partial charge in [0.15, 0.2) is 5.78 Å². The van der Waals surface area contributed by atoms with Crippen LogP contribution in [0.5, 0.6) is 0 Å². The van der Waals surface area contributed by atoms with Gasteiger partial charge in [0.1, 0.15) is 6.04 Å². The molecular formula is C24H23ClN4O. The fourth-order valence-electron chi connectivity index (χ4n) is 4.17. The molecule has 0 spiro atoms. The minimum absolute atomic E-state index is 0.0339. The maximum absolute atomic E-state index is 13.7. The standard InChI is InChI=1S/C24H23ClN4O/c25-22-4-2-1-3-21(22)24(30)23(19-9-11-27-12-10-19)29-16-28-15-20(29)13-17-5-7-18(14-26)8-6-17/h1-8,15-16,19,23,27H,9-13H2. The lowest BCUT2D eigenvalue weighted by Crippen LogP contribution is -2.36. The predicted octanol–water partition coefficient (Wildman–Crippen LogP) is 4.42. The fraction of sp³-hybridized carbons (Fsp3) is 0.292. The molecule has 2 heterocycles. The summed E-state index contributed by atoms with van der Waals surface area (Å²) >= 11 is 6.38. The maximum Gasteiger partial charge on any atom is 0.187 e. The van der Waals surface area contributed by atoms with Crippen LogP contribution in [0.1, 0.15) is 46.1 Å². The molecule has 152 valence electrons. The molecule has 1 unspecified atom stereocenters. The van der Waals surface area contributed by atoms with Crippen LogP contribution in [0.2, 0.25) is 5.02 Å². The molecule has 2 aromatic carbocycles. The number of hydrogen-bond donors (Lipinski definition) is 1. The van der Waals surface area contributed by atoms with Gasteiger partial charge in [-0.1, -0.05) is 35.9 Å². The van der Waals surface area contributed by atoms with Crippen molar-refractivity contribution >= 4 is 17.4 Å². The van der Waals surface area contributed by atoms with Gasteiger partial charge >= 0.3 is 0 Å². The predicted molar refractivity (Wildman–Crippen MR) is 117 cm³/mol. The number of ketones is 1. The molecule has 5 nitrogen and oxygen atoms in total. The van der Waals surface area contributed by atoms with Crippen LogP contribution in [0.25, 0.3) is 0 Å². The van der Waals surface area contributed by atoms with Gasteiger partial charge in [-0.05, 0) is 61.7 Å². The van der Waals surface area contributed by atoms with E-state index < -0.39 is 0 Å². The highest BCUT2D eigenvalue weighted by molar-refractivity contribution is 6.34. The van der Waals surface area contributed by atoms with Gasteiger partial charge in [-0.2, -0.15) is 5.26 Å². The molecule has 4 rings (SSSR count). The van der Waals surface area contributed by atoms with Gasteiger partial charge < -0.3 is 9.88 Å². The Hall–Kier alpha value is -2.94. The van der Waals surface area contributed by atoms with Crippen LogP contribution in [0.15, 0.2) is 61.1 Å². The van der Waals surface area contributed by atoms with Gasteiger partial charge in [0.25, 0.3) is 0 Å². The largest absolute Gasteiger partial charge is 0.323 e. The normalized spacial score (nSPS) is 15.5. The molecule has 0 radical (unpaired) electrons. The minimum atomic E-state index is -0.345. The third kappa shape index (κ3) is 4.30. The molecule has 0 aliphatic carbocycles. The Balaban J connectivity index is 1.69. The molecule has 3 aromatic rings. The smallest absolute Gasteiger partial charge is 0.187 e. The summed E-state index contributed by atoms with van der Waals surface area (Å²) in [5.74, 6) is 0.246. The van der Waals surface area contributed by atoms with Crippen LogP contribution in [0.4, 0.5) is 0 Å². The monoisotopic (exact) mass is 418 g/mol. The van der Waals surface area contributed by atoms with Crippen molar-refractivity contribution in [3.05, 3.63) is 88.5 Å². The Morgan fingerprint density at radius 2 is 1.93 bits per heavy atom. The second-order valence-electron chi connectivity index (χ2n) is 7.65. The lowest BCUT2D eigenvalue weighted by atomic mass is 9.85. The first-order chi connectivity index (χ1) is 14.7. The molecule has 6 heteroatoms. The molecule has 1 atom stereocenters. The highest BCUT2D eigenvalue weighted by Crippen LogP contribution is 2.33. The van der Waals surface area contributed by atoms with E-state index in [1.165, 1.54) is 0 Å². The zero-order valence-corrected chi connectivity index (χ0v) is 17.3. The van der Waals surface area contributed by atoms with Crippen molar-refractivity contribution in [2.24, 2.45) is 5.92 Å². The van der Waals surface area contributed by atoms with Crippen molar-refractivity contribution in [3.63, 3.8) is 0 Å². The van der Waals surface area contributed by atoms with Crippen LogP contribution in [0, 0.1) is 17.2 Å². The number of rotatable bonds is 6. The summed E-state index contributed by atoms with van der Waals surface area (Å²) in [5.41, 5.74) is 3.24. The van der Waals surface area contributed by atoms with Crippen molar-refractivity contribution in [1.82, 2.24) is 14.9 Å². The number of halogens is 1. The van der Waals surface area contributed by atoms with Gasteiger partial charge in [-0.25, -0.2) is 4.98 Å². The second kappa shape index (κ2) is 9.25. The van der Waals surface area contributed by atoms with Crippen LogP contribution >= 0.6 is 11.6 Å². The number of benzene rings is 2. The summed E-state index contributed by atoms with van der Waals surface area (Å²) < 4.78 is 2.03. The van der Waals surface area contributed by atoms with E-state index in [2.05, 4.69) is 16.4 Å². The SMILES string of the molecule is N#Cc1ccc(Cc2cncn2C(C(=O)c2ccccc2Cl)C2CCNCC2)cc1. The summed E-state index contributed by atoms with van der Waals surface area (Å²) in [5, 5.41) is 12.9. The van der Waals surface area contributed by atoms with Crippen molar-refractivity contribution in [1.29, 1.82) is 5.26 Å². The summed E-state index contributed by atoms with van der Waals surface area (Å²) in [6.45, 7) is 1.80. The number of Topliss-reactive ketones (excluding diaryl/α,β-unsaturated/α-hetero) is 1. The van der Waals surface area contributed by atoms with Crippen molar-refractivity contribution in [2.75, 3.05) is 13.1 Å². The van der Waals surface area contributed by atoms with E-state index >= 15 is 0 Å². The molecular weight excluding hydrogens is 396 g/mol. The van der Waals surface area contributed by atoms with E-state index in [1.807, 2.05) is 47.2 Å². The zero-order chi connectivity index (χ0) is 20.9. The average Bonchev–Trinajstić information content (AvgIpc) is 3.23. The van der Waals surface area contributed by atoms with E-state index in [0.29, 0.717) is 22.6 Å². The van der Waals surface area contributed by atoms with Crippen LogP contribution in [-0.2, 0) is 6.42 Å². The van der Waals surface area contributed by atoms with Gasteiger partial charge in [0.2, 0.25) is 0 Å². The first-order valence-corrected chi connectivity index (χ1v) is 10.5. The number of hydrogen-bond acceptors (Lipinski definition) is 4. The third-order valence-corrected chi connectivity index (χ3v) is 6.08. The molecule has 0 amide bonds. The van der Waals surface area contributed by atoms with Gasteiger partial charge in [-0.15, -0.1) is 0 Å². The van der Waals surface area contributed by atoms with Crippen molar-refractivity contribution in [3.8, 4) is 6.07 Å². The Bertz CT molecular complexity index is 1060. The lowest BCUT2D eigenvalue weighted by molar-refractivity contribution is 0.0858. The second-order valence-corrected chi connectivity index (χ2v) is 8.06. The van der Waals surface area contributed by atoms with Gasteiger partial charge in [0, 0.05) is 23.9 Å². The number of aromatic nitrogens is 2.